The van der Waals surface area contributed by atoms with Crippen LogP contribution in [0.3, 0.4) is 0 Å². The molecule has 0 bridgehead atoms. The summed E-state index contributed by atoms with van der Waals surface area (Å²) in [5.74, 6) is 0.914. The van der Waals surface area contributed by atoms with Crippen LogP contribution in [-0.2, 0) is 9.47 Å². The fourth-order valence-corrected chi connectivity index (χ4v) is 1.72. The van der Waals surface area contributed by atoms with Gasteiger partial charge in [0, 0.05) is 6.61 Å². The maximum Gasteiger partial charge on any atom is 0.0775 e. The molecule has 0 saturated heterocycles. The molecular weight excluding hydrogens is 320 g/mol. The molecule has 0 unspecified atom stereocenters. The topological polar surface area (TPSA) is 79.2 Å². The molecule has 1 saturated carbocycles. The fraction of sp³-hybridized carbons (Fsp3) is 1.00. The molecule has 1 aliphatic carbocycles. The first kappa shape index (κ1) is 27.0. The standard InChI is InChI=1S/C7H16O2.C7H14O.C6H14O2/c1-7(2,3)4-6(9)5-8;1-6(2)8-5-7-3-4-7;1-5(2)8-4-6(3)7/h6,8-9H,4-5H2,1-3H3;6-7H,3-5H2,1-2H3;5-7H,4H2,1-3H3/t6-;;6-/m0.0/s1. The lowest BCUT2D eigenvalue weighted by molar-refractivity contribution is 0.0134. The minimum atomic E-state index is -0.551. The second-order valence-electron chi connectivity index (χ2n) is 8.66. The van der Waals surface area contributed by atoms with Gasteiger partial charge in [0.1, 0.15) is 0 Å². The van der Waals surface area contributed by atoms with Crippen LogP contribution in [0.4, 0.5) is 0 Å². The van der Waals surface area contributed by atoms with Crippen molar-refractivity contribution in [1.29, 1.82) is 0 Å². The molecule has 5 nitrogen and oxygen atoms in total. The molecule has 0 radical (unpaired) electrons. The Bertz CT molecular complexity index is 258. The summed E-state index contributed by atoms with van der Waals surface area (Å²) in [5.41, 5.74) is 0.113. The number of aliphatic hydroxyl groups excluding tert-OH is 3. The van der Waals surface area contributed by atoms with E-state index >= 15 is 0 Å². The van der Waals surface area contributed by atoms with Crippen LogP contribution in [0.15, 0.2) is 0 Å². The highest BCUT2D eigenvalue weighted by atomic mass is 16.5. The highest BCUT2D eigenvalue weighted by Crippen LogP contribution is 2.29. The summed E-state index contributed by atoms with van der Waals surface area (Å²) in [5, 5.41) is 26.1. The van der Waals surface area contributed by atoms with Gasteiger partial charge in [0.2, 0.25) is 0 Å². The minimum absolute atomic E-state index is 0.113. The number of ether oxygens (including phenoxy) is 2. The average molecular weight is 365 g/mol. The zero-order valence-electron chi connectivity index (χ0n) is 17.8. The van der Waals surface area contributed by atoms with Crippen molar-refractivity contribution in [3.8, 4) is 0 Å². The van der Waals surface area contributed by atoms with Crippen LogP contribution in [0.5, 0.6) is 0 Å². The largest absolute Gasteiger partial charge is 0.394 e. The lowest BCUT2D eigenvalue weighted by Gasteiger charge is -2.20. The van der Waals surface area contributed by atoms with E-state index < -0.39 is 6.10 Å². The van der Waals surface area contributed by atoms with Gasteiger partial charge in [-0.25, -0.2) is 0 Å². The summed E-state index contributed by atoms with van der Waals surface area (Å²) in [6, 6.07) is 0. The lowest BCUT2D eigenvalue weighted by atomic mass is 9.89. The number of hydrogen-bond acceptors (Lipinski definition) is 5. The molecule has 0 aromatic carbocycles. The molecular formula is C20H44O5. The molecule has 0 aromatic heterocycles. The summed E-state index contributed by atoms with van der Waals surface area (Å²) in [7, 11) is 0. The SMILES string of the molecule is CC(C)(C)C[C@H](O)CO.CC(C)OCC1CC1.CC(C)OC[C@H](C)O. The van der Waals surface area contributed by atoms with E-state index in [1.807, 2.05) is 34.6 Å². The van der Waals surface area contributed by atoms with E-state index in [-0.39, 0.29) is 24.2 Å². The van der Waals surface area contributed by atoms with Gasteiger partial charge in [-0.15, -0.1) is 0 Å². The Balaban J connectivity index is 0. The maximum atomic E-state index is 8.94. The first-order valence-corrected chi connectivity index (χ1v) is 9.57. The normalized spacial score (nSPS) is 16.7. The molecule has 2 atom stereocenters. The van der Waals surface area contributed by atoms with Crippen molar-refractivity contribution in [1.82, 2.24) is 0 Å². The van der Waals surface area contributed by atoms with Gasteiger partial charge in [-0.3, -0.25) is 0 Å². The van der Waals surface area contributed by atoms with Gasteiger partial charge in [0.05, 0.1) is 37.6 Å². The van der Waals surface area contributed by atoms with Crippen LogP contribution in [0.25, 0.3) is 0 Å². The molecule has 3 N–H and O–H groups in total. The van der Waals surface area contributed by atoms with Crippen molar-refractivity contribution < 1.29 is 24.8 Å². The molecule has 5 heteroatoms. The highest BCUT2D eigenvalue weighted by molar-refractivity contribution is 4.72. The highest BCUT2D eigenvalue weighted by Gasteiger charge is 2.21. The summed E-state index contributed by atoms with van der Waals surface area (Å²) in [6.45, 7) is 17.2. The molecule has 25 heavy (non-hydrogen) atoms. The van der Waals surface area contributed by atoms with Gasteiger partial charge in [0.15, 0.2) is 0 Å². The first-order valence-electron chi connectivity index (χ1n) is 9.57. The molecule has 1 rings (SSSR count). The Morgan fingerprint density at radius 3 is 1.60 bits per heavy atom. The molecule has 1 aliphatic rings. The average Bonchev–Trinajstić information content (AvgIpc) is 3.26. The third-order valence-corrected chi connectivity index (χ3v) is 3.09. The Kier molecular flexibility index (Phi) is 16.1. The van der Waals surface area contributed by atoms with Gasteiger partial charge in [-0.2, -0.15) is 0 Å². The van der Waals surface area contributed by atoms with Crippen LogP contribution in [0.2, 0.25) is 0 Å². The van der Waals surface area contributed by atoms with E-state index in [4.69, 9.17) is 24.8 Å². The third kappa shape index (κ3) is 28.9. The zero-order valence-corrected chi connectivity index (χ0v) is 17.8. The number of hydrogen-bond donors (Lipinski definition) is 3. The first-order chi connectivity index (χ1) is 11.4. The maximum absolute atomic E-state index is 8.94. The van der Waals surface area contributed by atoms with E-state index in [0.717, 1.165) is 12.5 Å². The van der Waals surface area contributed by atoms with Crippen molar-refractivity contribution in [2.45, 2.75) is 99.1 Å². The van der Waals surface area contributed by atoms with Crippen molar-refractivity contribution in [3.63, 3.8) is 0 Å². The molecule has 0 aromatic rings. The molecule has 0 amide bonds. The number of aliphatic hydroxyl groups is 3. The van der Waals surface area contributed by atoms with E-state index in [1.165, 1.54) is 12.8 Å². The van der Waals surface area contributed by atoms with Crippen LogP contribution in [-0.4, -0.2) is 59.6 Å². The van der Waals surface area contributed by atoms with Gasteiger partial charge in [0.25, 0.3) is 0 Å². The van der Waals surface area contributed by atoms with Crippen LogP contribution in [0, 0.1) is 11.3 Å². The predicted molar refractivity (Wildman–Crippen MR) is 104 cm³/mol. The monoisotopic (exact) mass is 364 g/mol. The van der Waals surface area contributed by atoms with E-state index in [1.54, 1.807) is 6.92 Å². The lowest BCUT2D eigenvalue weighted by Crippen LogP contribution is -2.20. The minimum Gasteiger partial charge on any atom is -0.394 e. The fourth-order valence-electron chi connectivity index (χ4n) is 1.72. The smallest absolute Gasteiger partial charge is 0.0775 e. The zero-order chi connectivity index (χ0) is 20.0. The van der Waals surface area contributed by atoms with E-state index in [0.29, 0.717) is 19.1 Å². The van der Waals surface area contributed by atoms with Crippen molar-refractivity contribution >= 4 is 0 Å². The predicted octanol–water partition coefficient (Wildman–Crippen LogP) is 3.39. The molecule has 0 aliphatic heterocycles. The van der Waals surface area contributed by atoms with Gasteiger partial charge in [-0.1, -0.05) is 20.8 Å². The number of rotatable bonds is 8. The van der Waals surface area contributed by atoms with Crippen molar-refractivity contribution in [2.24, 2.45) is 11.3 Å². The Hall–Kier alpha value is -0.200. The summed E-state index contributed by atoms with van der Waals surface area (Å²) >= 11 is 0. The van der Waals surface area contributed by atoms with Crippen LogP contribution >= 0.6 is 0 Å². The Morgan fingerprint density at radius 2 is 1.40 bits per heavy atom. The van der Waals surface area contributed by atoms with Gasteiger partial charge in [-0.05, 0) is 65.2 Å². The quantitative estimate of drug-likeness (QED) is 0.615. The molecule has 1 fully saturated rings. The second-order valence-corrected chi connectivity index (χ2v) is 8.66. The van der Waals surface area contributed by atoms with Crippen molar-refractivity contribution in [2.75, 3.05) is 19.8 Å². The van der Waals surface area contributed by atoms with E-state index in [2.05, 4.69) is 13.8 Å². The van der Waals surface area contributed by atoms with Crippen molar-refractivity contribution in [3.05, 3.63) is 0 Å². The van der Waals surface area contributed by atoms with Gasteiger partial charge >= 0.3 is 0 Å². The molecule has 0 heterocycles. The van der Waals surface area contributed by atoms with E-state index in [9.17, 15) is 0 Å². The summed E-state index contributed by atoms with van der Waals surface area (Å²) < 4.78 is 10.4. The van der Waals surface area contributed by atoms with Crippen LogP contribution < -0.4 is 0 Å². The third-order valence-electron chi connectivity index (χ3n) is 3.09. The van der Waals surface area contributed by atoms with Crippen LogP contribution in [0.1, 0.15) is 74.7 Å². The summed E-state index contributed by atoms with van der Waals surface area (Å²) in [6.07, 6.45) is 3.21. The molecule has 0 spiro atoms. The Morgan fingerprint density at radius 1 is 0.920 bits per heavy atom. The van der Waals surface area contributed by atoms with Gasteiger partial charge < -0.3 is 24.8 Å². The summed E-state index contributed by atoms with van der Waals surface area (Å²) in [4.78, 5) is 0. The Labute approximate surface area is 155 Å². The second kappa shape index (κ2) is 14.9. The molecule has 154 valence electrons.